The number of halogens is 1. The molecule has 1 aromatic carbocycles. The second kappa shape index (κ2) is 7.36. The van der Waals surface area contributed by atoms with Crippen LogP contribution in [-0.2, 0) is 11.3 Å². The smallest absolute Gasteiger partial charge is 0.226 e. The fourth-order valence-electron chi connectivity index (χ4n) is 3.04. The Kier molecular flexibility index (Phi) is 5.21. The van der Waals surface area contributed by atoms with Crippen LogP contribution in [0.3, 0.4) is 0 Å². The Morgan fingerprint density at radius 1 is 1.50 bits per heavy atom. The van der Waals surface area contributed by atoms with Gasteiger partial charge in [0.1, 0.15) is 5.76 Å². The van der Waals surface area contributed by atoms with E-state index in [2.05, 4.69) is 15.2 Å². The van der Waals surface area contributed by atoms with Crippen molar-refractivity contribution in [3.8, 4) is 11.5 Å². The van der Waals surface area contributed by atoms with E-state index >= 15 is 0 Å². The van der Waals surface area contributed by atoms with Gasteiger partial charge in [0.25, 0.3) is 0 Å². The molecule has 0 saturated carbocycles. The van der Waals surface area contributed by atoms with Crippen LogP contribution in [0.4, 0.5) is 0 Å². The monoisotopic (exact) mass is 347 g/mol. The average molecular weight is 348 g/mol. The topological polar surface area (TPSA) is 58.4 Å². The maximum Gasteiger partial charge on any atom is 0.226 e. The van der Waals surface area contributed by atoms with E-state index in [0.717, 1.165) is 36.5 Å². The molecule has 0 aliphatic carbocycles. The van der Waals surface area contributed by atoms with Gasteiger partial charge in [-0.15, -0.1) is 0 Å². The van der Waals surface area contributed by atoms with Gasteiger partial charge in [0.2, 0.25) is 11.8 Å². The highest BCUT2D eigenvalue weighted by molar-refractivity contribution is 6.30. The molecule has 1 aliphatic heterocycles. The van der Waals surface area contributed by atoms with Crippen molar-refractivity contribution < 1.29 is 9.21 Å². The summed E-state index contributed by atoms with van der Waals surface area (Å²) in [5.74, 6) is 1.62. The molecule has 0 spiro atoms. The zero-order valence-corrected chi connectivity index (χ0v) is 14.8. The van der Waals surface area contributed by atoms with Crippen LogP contribution >= 0.6 is 11.6 Å². The number of carbonyl (C=O) groups excluding carboxylic acids is 1. The number of rotatable bonds is 5. The summed E-state index contributed by atoms with van der Waals surface area (Å²) in [4.78, 5) is 18.8. The minimum absolute atomic E-state index is 0.0737. The van der Waals surface area contributed by atoms with Crippen LogP contribution < -0.4 is 5.32 Å². The first-order valence-electron chi connectivity index (χ1n) is 8.29. The number of nitrogens with one attached hydrogen (secondary N) is 1. The first-order valence-corrected chi connectivity index (χ1v) is 8.67. The third-order valence-corrected chi connectivity index (χ3v) is 4.57. The highest BCUT2D eigenvalue weighted by atomic mass is 35.5. The summed E-state index contributed by atoms with van der Waals surface area (Å²) in [5.41, 5.74) is 1.79. The molecule has 0 bridgehead atoms. The maximum atomic E-state index is 11.9. The molecule has 128 valence electrons. The van der Waals surface area contributed by atoms with Gasteiger partial charge in [-0.05, 0) is 45.0 Å². The van der Waals surface area contributed by atoms with E-state index in [0.29, 0.717) is 24.0 Å². The van der Waals surface area contributed by atoms with Crippen molar-refractivity contribution in [2.45, 2.75) is 26.8 Å². The summed E-state index contributed by atoms with van der Waals surface area (Å²) in [6.45, 7) is 6.92. The van der Waals surface area contributed by atoms with Crippen LogP contribution in [0.15, 0.2) is 28.7 Å². The Morgan fingerprint density at radius 2 is 2.33 bits per heavy atom. The van der Waals surface area contributed by atoms with E-state index in [1.165, 1.54) is 0 Å². The van der Waals surface area contributed by atoms with E-state index < -0.39 is 0 Å². The van der Waals surface area contributed by atoms with E-state index in [1.54, 1.807) is 0 Å². The Labute approximate surface area is 147 Å². The largest absolute Gasteiger partial charge is 0.441 e. The minimum atomic E-state index is 0.0737. The van der Waals surface area contributed by atoms with Crippen molar-refractivity contribution >= 4 is 17.5 Å². The molecule has 6 heteroatoms. The summed E-state index contributed by atoms with van der Waals surface area (Å²) in [5, 5.41) is 3.56. The zero-order chi connectivity index (χ0) is 17.1. The Bertz CT molecular complexity index is 729. The van der Waals surface area contributed by atoms with Gasteiger partial charge in [-0.2, -0.15) is 0 Å². The standard InChI is InChI=1S/C18H22ClN3O2/c1-3-20-17(23)14-7-8-22(10-14)11-16-12(2)24-18(21-16)13-5-4-6-15(19)9-13/h4-6,9,14H,3,7-8,10-11H2,1-2H3,(H,20,23). The Hall–Kier alpha value is -1.85. The summed E-state index contributed by atoms with van der Waals surface area (Å²) in [6, 6.07) is 7.49. The number of aromatic nitrogens is 1. The number of aryl methyl sites for hydroxylation is 1. The van der Waals surface area contributed by atoms with Crippen molar-refractivity contribution in [1.82, 2.24) is 15.2 Å². The number of carbonyl (C=O) groups is 1. The molecule has 1 aliphatic rings. The number of benzene rings is 1. The molecule has 2 heterocycles. The number of oxazole rings is 1. The van der Waals surface area contributed by atoms with Gasteiger partial charge < -0.3 is 9.73 Å². The van der Waals surface area contributed by atoms with E-state index in [-0.39, 0.29) is 11.8 Å². The van der Waals surface area contributed by atoms with Crippen molar-refractivity contribution in [3.63, 3.8) is 0 Å². The number of amides is 1. The third kappa shape index (κ3) is 3.79. The van der Waals surface area contributed by atoms with Crippen LogP contribution in [0.2, 0.25) is 5.02 Å². The van der Waals surface area contributed by atoms with Gasteiger partial charge in [0, 0.05) is 30.2 Å². The van der Waals surface area contributed by atoms with Gasteiger partial charge in [-0.25, -0.2) is 4.98 Å². The molecule has 3 rings (SSSR count). The minimum Gasteiger partial charge on any atom is -0.441 e. The second-order valence-corrected chi connectivity index (χ2v) is 6.58. The molecule has 1 amide bonds. The number of hydrogen-bond donors (Lipinski definition) is 1. The van der Waals surface area contributed by atoms with Crippen molar-refractivity contribution in [3.05, 3.63) is 40.7 Å². The number of hydrogen-bond acceptors (Lipinski definition) is 4. The number of likely N-dealkylation sites (tertiary alicyclic amines) is 1. The average Bonchev–Trinajstić information content (AvgIpc) is 3.16. The van der Waals surface area contributed by atoms with Gasteiger partial charge in [-0.1, -0.05) is 17.7 Å². The summed E-state index contributed by atoms with van der Waals surface area (Å²) >= 11 is 6.03. The fourth-order valence-corrected chi connectivity index (χ4v) is 3.23. The van der Waals surface area contributed by atoms with Crippen LogP contribution in [0, 0.1) is 12.8 Å². The molecule has 1 saturated heterocycles. The molecule has 5 nitrogen and oxygen atoms in total. The molecule has 1 unspecified atom stereocenters. The molecular formula is C18H22ClN3O2. The zero-order valence-electron chi connectivity index (χ0n) is 14.0. The maximum absolute atomic E-state index is 11.9. The lowest BCUT2D eigenvalue weighted by Gasteiger charge is -2.14. The predicted octanol–water partition coefficient (Wildman–Crippen LogP) is 3.26. The molecule has 1 aromatic heterocycles. The molecule has 24 heavy (non-hydrogen) atoms. The summed E-state index contributed by atoms with van der Waals surface area (Å²) in [7, 11) is 0. The normalized spacial score (nSPS) is 18.0. The first-order chi connectivity index (χ1) is 11.6. The SMILES string of the molecule is CCNC(=O)C1CCN(Cc2nc(-c3cccc(Cl)c3)oc2C)C1. The lowest BCUT2D eigenvalue weighted by Crippen LogP contribution is -2.32. The Morgan fingerprint density at radius 3 is 3.08 bits per heavy atom. The van der Waals surface area contributed by atoms with Crippen molar-refractivity contribution in [2.75, 3.05) is 19.6 Å². The first kappa shape index (κ1) is 17.0. The lowest BCUT2D eigenvalue weighted by molar-refractivity contribution is -0.124. The summed E-state index contributed by atoms with van der Waals surface area (Å²) < 4.78 is 5.80. The molecular weight excluding hydrogens is 326 g/mol. The highest BCUT2D eigenvalue weighted by Crippen LogP contribution is 2.26. The van der Waals surface area contributed by atoms with Gasteiger partial charge in [0.05, 0.1) is 11.6 Å². The fraction of sp³-hybridized carbons (Fsp3) is 0.444. The second-order valence-electron chi connectivity index (χ2n) is 6.15. The van der Waals surface area contributed by atoms with Crippen molar-refractivity contribution in [2.24, 2.45) is 5.92 Å². The molecule has 2 aromatic rings. The quantitative estimate of drug-likeness (QED) is 0.901. The van der Waals surface area contributed by atoms with Crippen LogP contribution in [0.1, 0.15) is 24.8 Å². The molecule has 0 radical (unpaired) electrons. The van der Waals surface area contributed by atoms with Crippen molar-refractivity contribution in [1.29, 1.82) is 0 Å². The lowest BCUT2D eigenvalue weighted by atomic mass is 10.1. The number of nitrogens with zero attached hydrogens (tertiary/aromatic N) is 2. The third-order valence-electron chi connectivity index (χ3n) is 4.33. The van der Waals surface area contributed by atoms with E-state index in [4.69, 9.17) is 16.0 Å². The molecule has 1 N–H and O–H groups in total. The van der Waals surface area contributed by atoms with Crippen LogP contribution in [0.5, 0.6) is 0 Å². The van der Waals surface area contributed by atoms with Crippen LogP contribution in [0.25, 0.3) is 11.5 Å². The van der Waals surface area contributed by atoms with Gasteiger partial charge in [0.15, 0.2) is 0 Å². The van der Waals surface area contributed by atoms with Crippen LogP contribution in [-0.4, -0.2) is 35.4 Å². The van der Waals surface area contributed by atoms with Gasteiger partial charge >= 0.3 is 0 Å². The van der Waals surface area contributed by atoms with Gasteiger partial charge in [-0.3, -0.25) is 9.69 Å². The van der Waals surface area contributed by atoms with E-state index in [1.807, 2.05) is 38.1 Å². The summed E-state index contributed by atoms with van der Waals surface area (Å²) in [6.07, 6.45) is 0.893. The predicted molar refractivity (Wildman–Crippen MR) is 93.8 cm³/mol. The molecule has 1 atom stereocenters. The highest BCUT2D eigenvalue weighted by Gasteiger charge is 2.28. The molecule has 1 fully saturated rings. The Balaban J connectivity index is 1.67. The van der Waals surface area contributed by atoms with E-state index in [9.17, 15) is 4.79 Å².